The van der Waals surface area contributed by atoms with Crippen LogP contribution in [0.5, 0.6) is 5.75 Å². The molecule has 2 bridgehead atoms. The lowest BCUT2D eigenvalue weighted by Gasteiger charge is -2.23. The Kier molecular flexibility index (Phi) is 3.74. The van der Waals surface area contributed by atoms with Crippen molar-refractivity contribution in [3.05, 3.63) is 42.7 Å². The van der Waals surface area contributed by atoms with Gasteiger partial charge in [0.05, 0.1) is 18.8 Å². The average Bonchev–Trinajstić information content (AvgIpc) is 2.87. The average molecular weight is 297 g/mol. The number of hydrogen-bond acceptors (Lipinski definition) is 5. The van der Waals surface area contributed by atoms with Crippen LogP contribution in [0, 0.1) is 5.92 Å². The number of morpholine rings is 1. The van der Waals surface area contributed by atoms with Crippen LogP contribution in [0.3, 0.4) is 0 Å². The number of aromatic nitrogens is 2. The van der Waals surface area contributed by atoms with Gasteiger partial charge in [-0.15, -0.1) is 0 Å². The molecular weight excluding hydrogens is 278 g/mol. The second kappa shape index (κ2) is 6.02. The molecule has 3 unspecified atom stereocenters. The number of benzene rings is 1. The molecule has 1 aromatic carbocycles. The van der Waals surface area contributed by atoms with Gasteiger partial charge in [-0.1, -0.05) is 0 Å². The lowest BCUT2D eigenvalue weighted by molar-refractivity contribution is 0.00369. The van der Waals surface area contributed by atoms with Crippen molar-refractivity contribution in [3.8, 4) is 17.1 Å². The maximum Gasteiger partial charge on any atom is 0.159 e. The highest BCUT2D eigenvalue weighted by Gasteiger charge is 2.38. The van der Waals surface area contributed by atoms with Gasteiger partial charge >= 0.3 is 0 Å². The van der Waals surface area contributed by atoms with Crippen molar-refractivity contribution in [2.75, 3.05) is 19.7 Å². The summed E-state index contributed by atoms with van der Waals surface area (Å²) in [6.45, 7) is 2.62. The summed E-state index contributed by atoms with van der Waals surface area (Å²) in [5, 5.41) is 3.41. The van der Waals surface area contributed by atoms with E-state index in [-0.39, 0.29) is 0 Å². The van der Waals surface area contributed by atoms with Crippen molar-refractivity contribution in [1.82, 2.24) is 15.3 Å². The van der Waals surface area contributed by atoms with Gasteiger partial charge < -0.3 is 14.8 Å². The Morgan fingerprint density at radius 1 is 1.14 bits per heavy atom. The van der Waals surface area contributed by atoms with Crippen LogP contribution in [0.4, 0.5) is 0 Å². The molecule has 2 fully saturated rings. The van der Waals surface area contributed by atoms with Crippen LogP contribution in [0.1, 0.15) is 6.42 Å². The zero-order valence-corrected chi connectivity index (χ0v) is 12.3. The first-order chi connectivity index (χ1) is 10.9. The van der Waals surface area contributed by atoms with Crippen LogP contribution in [-0.2, 0) is 4.74 Å². The first-order valence-electron chi connectivity index (χ1n) is 7.75. The Labute approximate surface area is 129 Å². The normalized spacial score (nSPS) is 26.8. The molecule has 0 amide bonds. The summed E-state index contributed by atoms with van der Waals surface area (Å²) >= 11 is 0. The Balaban J connectivity index is 1.38. The predicted molar refractivity (Wildman–Crippen MR) is 82.6 cm³/mol. The molecule has 114 valence electrons. The Morgan fingerprint density at radius 2 is 1.95 bits per heavy atom. The number of nitrogens with zero attached hydrogens (tertiary/aromatic N) is 2. The van der Waals surface area contributed by atoms with Gasteiger partial charge in [0, 0.05) is 37.0 Å². The van der Waals surface area contributed by atoms with Crippen molar-refractivity contribution < 1.29 is 9.47 Å². The van der Waals surface area contributed by atoms with Crippen LogP contribution in [-0.4, -0.2) is 41.9 Å². The highest BCUT2D eigenvalue weighted by atomic mass is 16.5. The van der Waals surface area contributed by atoms with Crippen LogP contribution < -0.4 is 10.1 Å². The molecule has 0 spiro atoms. The maximum absolute atomic E-state index is 5.94. The van der Waals surface area contributed by atoms with Crippen molar-refractivity contribution in [2.24, 2.45) is 5.92 Å². The Bertz CT molecular complexity index is 618. The van der Waals surface area contributed by atoms with Gasteiger partial charge in [0.1, 0.15) is 5.75 Å². The molecule has 2 aliphatic rings. The van der Waals surface area contributed by atoms with E-state index >= 15 is 0 Å². The van der Waals surface area contributed by atoms with E-state index in [2.05, 4.69) is 15.3 Å². The summed E-state index contributed by atoms with van der Waals surface area (Å²) in [7, 11) is 0. The molecule has 5 heteroatoms. The molecular formula is C17H19N3O2. The van der Waals surface area contributed by atoms with E-state index in [0.29, 0.717) is 24.7 Å². The number of nitrogens with one attached hydrogen (secondary N) is 1. The SMILES string of the molecule is c1cnc(-c2ccc(OCC3CC4CNCC3O4)cc2)nc1. The fourth-order valence-electron chi connectivity index (χ4n) is 3.16. The molecule has 2 aliphatic heterocycles. The first-order valence-corrected chi connectivity index (χ1v) is 7.75. The van der Waals surface area contributed by atoms with E-state index in [0.717, 1.165) is 36.6 Å². The number of rotatable bonds is 4. The van der Waals surface area contributed by atoms with E-state index in [1.807, 2.05) is 30.3 Å². The summed E-state index contributed by atoms with van der Waals surface area (Å²) in [4.78, 5) is 8.50. The van der Waals surface area contributed by atoms with Gasteiger partial charge in [0.25, 0.3) is 0 Å². The van der Waals surface area contributed by atoms with Gasteiger partial charge in [-0.05, 0) is 36.8 Å². The number of ether oxygens (including phenoxy) is 2. The smallest absolute Gasteiger partial charge is 0.159 e. The third-order valence-electron chi connectivity index (χ3n) is 4.32. The van der Waals surface area contributed by atoms with Gasteiger partial charge in [-0.3, -0.25) is 0 Å². The van der Waals surface area contributed by atoms with Crippen molar-refractivity contribution in [2.45, 2.75) is 18.6 Å². The second-order valence-corrected chi connectivity index (χ2v) is 5.86. The minimum atomic E-state index is 0.302. The van der Waals surface area contributed by atoms with Crippen LogP contribution in [0.2, 0.25) is 0 Å². The lowest BCUT2D eigenvalue weighted by atomic mass is 10.0. The van der Waals surface area contributed by atoms with Crippen LogP contribution >= 0.6 is 0 Å². The molecule has 1 N–H and O–H groups in total. The van der Waals surface area contributed by atoms with Gasteiger partial charge in [0.2, 0.25) is 0 Å². The third-order valence-corrected chi connectivity index (χ3v) is 4.32. The Morgan fingerprint density at radius 3 is 2.73 bits per heavy atom. The maximum atomic E-state index is 5.94. The van der Waals surface area contributed by atoms with Crippen molar-refractivity contribution in [1.29, 1.82) is 0 Å². The first kappa shape index (κ1) is 13.7. The Hall–Kier alpha value is -1.98. The van der Waals surface area contributed by atoms with Gasteiger partial charge in [-0.25, -0.2) is 9.97 Å². The van der Waals surface area contributed by atoms with Crippen molar-refractivity contribution >= 4 is 0 Å². The van der Waals surface area contributed by atoms with E-state index in [1.54, 1.807) is 12.4 Å². The van der Waals surface area contributed by atoms with Crippen LogP contribution in [0.25, 0.3) is 11.4 Å². The summed E-state index contributed by atoms with van der Waals surface area (Å²) < 4.78 is 11.9. The summed E-state index contributed by atoms with van der Waals surface area (Å²) in [6.07, 6.45) is 5.26. The van der Waals surface area contributed by atoms with E-state index in [4.69, 9.17) is 9.47 Å². The summed E-state index contributed by atoms with van der Waals surface area (Å²) in [5.41, 5.74) is 0.997. The number of fused-ring (bicyclic) bond motifs is 2. The highest BCUT2D eigenvalue weighted by molar-refractivity contribution is 5.55. The summed E-state index contributed by atoms with van der Waals surface area (Å²) in [6, 6.07) is 9.76. The molecule has 3 heterocycles. The van der Waals surface area contributed by atoms with Crippen LogP contribution in [0.15, 0.2) is 42.7 Å². The minimum absolute atomic E-state index is 0.302. The molecule has 0 aliphatic carbocycles. The third kappa shape index (κ3) is 2.82. The second-order valence-electron chi connectivity index (χ2n) is 5.86. The molecule has 3 atom stereocenters. The van der Waals surface area contributed by atoms with E-state index in [9.17, 15) is 0 Å². The monoisotopic (exact) mass is 297 g/mol. The molecule has 2 aromatic rings. The summed E-state index contributed by atoms with van der Waals surface area (Å²) in [5.74, 6) is 2.10. The standard InChI is InChI=1S/C17H19N3O2/c1-6-19-17(20-7-1)12-2-4-14(5-3-12)21-11-13-8-15-9-18-10-16(13)22-15/h1-7,13,15-16,18H,8-11H2. The highest BCUT2D eigenvalue weighted by Crippen LogP contribution is 2.29. The van der Waals surface area contributed by atoms with Gasteiger partial charge in [-0.2, -0.15) is 0 Å². The fourth-order valence-corrected chi connectivity index (χ4v) is 3.16. The lowest BCUT2D eigenvalue weighted by Crippen LogP contribution is -2.40. The molecule has 22 heavy (non-hydrogen) atoms. The van der Waals surface area contributed by atoms with Gasteiger partial charge in [0.15, 0.2) is 5.82 Å². The molecule has 4 rings (SSSR count). The van der Waals surface area contributed by atoms with E-state index in [1.165, 1.54) is 0 Å². The molecule has 5 nitrogen and oxygen atoms in total. The molecule has 1 aromatic heterocycles. The largest absolute Gasteiger partial charge is 0.493 e. The van der Waals surface area contributed by atoms with E-state index < -0.39 is 0 Å². The molecule has 0 radical (unpaired) electrons. The molecule has 2 saturated heterocycles. The minimum Gasteiger partial charge on any atom is -0.493 e. The quantitative estimate of drug-likeness (QED) is 0.934. The zero-order chi connectivity index (χ0) is 14.8. The fraction of sp³-hybridized carbons (Fsp3) is 0.412. The zero-order valence-electron chi connectivity index (χ0n) is 12.3. The van der Waals surface area contributed by atoms with Crippen molar-refractivity contribution in [3.63, 3.8) is 0 Å². The number of hydrogen-bond donors (Lipinski definition) is 1. The predicted octanol–water partition coefficient (Wildman–Crippen LogP) is 1.90. The topological polar surface area (TPSA) is 56.3 Å². The molecule has 0 saturated carbocycles.